The van der Waals surface area contributed by atoms with Crippen LogP contribution in [0.3, 0.4) is 0 Å². The second-order valence-electron chi connectivity index (χ2n) is 7.48. The lowest BCUT2D eigenvalue weighted by Crippen LogP contribution is -2.39. The van der Waals surface area contributed by atoms with Gasteiger partial charge in [-0.25, -0.2) is 22.0 Å². The Morgan fingerprint density at radius 2 is 1.91 bits per heavy atom. The van der Waals surface area contributed by atoms with Gasteiger partial charge in [0.25, 0.3) is 5.91 Å². The number of hydrogen-bond acceptors (Lipinski definition) is 5. The maximum atomic E-state index is 13.6. The number of carbonyl (C=O) groups is 2. The van der Waals surface area contributed by atoms with Crippen LogP contribution >= 0.6 is 11.6 Å². The van der Waals surface area contributed by atoms with Crippen LogP contribution in [0.2, 0.25) is 5.02 Å². The van der Waals surface area contributed by atoms with Crippen molar-refractivity contribution in [2.24, 2.45) is 5.92 Å². The molecule has 2 aromatic carbocycles. The van der Waals surface area contributed by atoms with Crippen LogP contribution in [-0.2, 0) is 19.6 Å². The Morgan fingerprint density at radius 3 is 2.56 bits per heavy atom. The van der Waals surface area contributed by atoms with Gasteiger partial charge in [-0.15, -0.1) is 0 Å². The number of nitrogens with one attached hydrogen (secondary N) is 1. The zero-order valence-corrected chi connectivity index (χ0v) is 18.7. The minimum atomic E-state index is -3.93. The predicted octanol–water partition coefficient (Wildman–Crippen LogP) is 3.83. The molecule has 0 saturated carbocycles. The van der Waals surface area contributed by atoms with Crippen LogP contribution in [0.5, 0.6) is 0 Å². The zero-order chi connectivity index (χ0) is 23.5. The summed E-state index contributed by atoms with van der Waals surface area (Å²) in [6, 6.07) is 6.67. The fourth-order valence-corrected chi connectivity index (χ4v) is 5.44. The number of amides is 1. The van der Waals surface area contributed by atoms with Gasteiger partial charge in [-0.1, -0.05) is 24.6 Å². The van der Waals surface area contributed by atoms with E-state index in [1.807, 2.05) is 12.2 Å². The Morgan fingerprint density at radius 1 is 1.22 bits per heavy atom. The van der Waals surface area contributed by atoms with Gasteiger partial charge >= 0.3 is 5.97 Å². The van der Waals surface area contributed by atoms with Crippen molar-refractivity contribution < 1.29 is 31.5 Å². The molecule has 172 valence electrons. The first-order valence-corrected chi connectivity index (χ1v) is 11.6. The van der Waals surface area contributed by atoms with Crippen LogP contribution in [0.4, 0.5) is 14.5 Å². The molecule has 1 saturated heterocycles. The Labute approximate surface area is 189 Å². The van der Waals surface area contributed by atoms with Crippen molar-refractivity contribution >= 4 is 39.2 Å². The third kappa shape index (κ3) is 5.43. The monoisotopic (exact) mass is 486 g/mol. The molecule has 1 unspecified atom stereocenters. The molecule has 11 heteroatoms. The van der Waals surface area contributed by atoms with E-state index >= 15 is 0 Å². The molecule has 32 heavy (non-hydrogen) atoms. The van der Waals surface area contributed by atoms with Crippen molar-refractivity contribution in [3.63, 3.8) is 0 Å². The van der Waals surface area contributed by atoms with Crippen LogP contribution < -0.4 is 5.32 Å². The second kappa shape index (κ2) is 9.93. The van der Waals surface area contributed by atoms with E-state index in [2.05, 4.69) is 0 Å². The van der Waals surface area contributed by atoms with Gasteiger partial charge in [0.15, 0.2) is 6.61 Å². The summed E-state index contributed by atoms with van der Waals surface area (Å²) in [5.41, 5.74) is -0.799. The number of nitrogens with zero attached hydrogens (tertiary/aromatic N) is 1. The number of halogens is 3. The normalized spacial score (nSPS) is 17.1. The van der Waals surface area contributed by atoms with Crippen LogP contribution in [0.1, 0.15) is 30.1 Å². The number of anilines is 1. The van der Waals surface area contributed by atoms with E-state index in [0.29, 0.717) is 13.1 Å². The molecule has 2 aromatic rings. The molecular formula is C21H21ClF2N2O5S. The van der Waals surface area contributed by atoms with Crippen molar-refractivity contribution in [3.05, 3.63) is 58.6 Å². The average molecular weight is 487 g/mol. The van der Waals surface area contributed by atoms with E-state index in [0.717, 1.165) is 37.1 Å². The predicted molar refractivity (Wildman–Crippen MR) is 114 cm³/mol. The molecule has 0 spiro atoms. The van der Waals surface area contributed by atoms with Gasteiger partial charge in [-0.05, 0) is 49.1 Å². The number of carbonyl (C=O) groups excluding carboxylic acids is 2. The summed E-state index contributed by atoms with van der Waals surface area (Å²) in [4.78, 5) is 24.0. The molecule has 7 nitrogen and oxygen atoms in total. The Kier molecular flexibility index (Phi) is 7.47. The number of sulfonamides is 1. The molecular weight excluding hydrogens is 466 g/mol. The lowest BCUT2D eigenvalue weighted by molar-refractivity contribution is -0.119. The number of hydrogen-bond donors (Lipinski definition) is 1. The molecule has 0 bridgehead atoms. The highest BCUT2D eigenvalue weighted by Gasteiger charge is 2.31. The number of piperidine rings is 1. The zero-order valence-electron chi connectivity index (χ0n) is 17.1. The van der Waals surface area contributed by atoms with E-state index in [-0.39, 0.29) is 21.4 Å². The molecule has 1 heterocycles. The summed E-state index contributed by atoms with van der Waals surface area (Å²) in [6.07, 6.45) is 1.64. The molecule has 1 aliphatic heterocycles. The Balaban J connectivity index is 1.70. The first kappa shape index (κ1) is 24.1. The molecule has 0 radical (unpaired) electrons. The molecule has 1 N–H and O–H groups in total. The van der Waals surface area contributed by atoms with Gasteiger partial charge in [0.1, 0.15) is 22.2 Å². The second-order valence-corrected chi connectivity index (χ2v) is 9.79. The third-order valence-corrected chi connectivity index (χ3v) is 7.31. The van der Waals surface area contributed by atoms with Gasteiger partial charge in [0, 0.05) is 13.1 Å². The maximum absolute atomic E-state index is 13.6. The average Bonchev–Trinajstić information content (AvgIpc) is 2.75. The summed E-state index contributed by atoms with van der Waals surface area (Å²) >= 11 is 6.10. The van der Waals surface area contributed by atoms with Crippen LogP contribution in [0, 0.1) is 17.6 Å². The van der Waals surface area contributed by atoms with Gasteiger partial charge < -0.3 is 10.1 Å². The fraction of sp³-hybridized carbons (Fsp3) is 0.333. The number of rotatable bonds is 6. The topological polar surface area (TPSA) is 92.8 Å². The quantitative estimate of drug-likeness (QED) is 0.626. The Hall–Kier alpha value is -2.56. The maximum Gasteiger partial charge on any atom is 0.338 e. The van der Waals surface area contributed by atoms with E-state index < -0.39 is 45.8 Å². The molecule has 1 amide bonds. The summed E-state index contributed by atoms with van der Waals surface area (Å²) in [7, 11) is -3.93. The molecule has 1 aliphatic rings. The summed E-state index contributed by atoms with van der Waals surface area (Å²) in [5, 5.41) is 1.94. The van der Waals surface area contributed by atoms with Crippen molar-refractivity contribution in [3.8, 4) is 0 Å². The van der Waals surface area contributed by atoms with Crippen molar-refractivity contribution in [1.82, 2.24) is 4.31 Å². The highest BCUT2D eigenvalue weighted by atomic mass is 35.5. The third-order valence-electron chi connectivity index (χ3n) is 4.97. The number of ether oxygens (including phenoxy) is 1. The number of esters is 1. The summed E-state index contributed by atoms with van der Waals surface area (Å²) in [5.74, 6) is -3.72. The lowest BCUT2D eigenvalue weighted by Gasteiger charge is -2.30. The standard InChI is InChI=1S/C21H21ClF2N2O5S/c1-13-4-3-9-26(11-13)32(29,30)18-10-14(7-8-15(18)22)21(28)31-12-19(27)25-20-16(23)5-2-6-17(20)24/h2,5-8,10,13H,3-4,9,11-12H2,1H3,(H,25,27). The molecule has 1 fully saturated rings. The summed E-state index contributed by atoms with van der Waals surface area (Å²) < 4.78 is 59.4. The highest BCUT2D eigenvalue weighted by molar-refractivity contribution is 7.89. The van der Waals surface area contributed by atoms with Crippen LogP contribution in [0.15, 0.2) is 41.3 Å². The van der Waals surface area contributed by atoms with Crippen LogP contribution in [0.25, 0.3) is 0 Å². The van der Waals surface area contributed by atoms with Gasteiger partial charge in [0.2, 0.25) is 10.0 Å². The lowest BCUT2D eigenvalue weighted by atomic mass is 10.0. The Bertz CT molecular complexity index is 1120. The number of para-hydroxylation sites is 1. The molecule has 0 aliphatic carbocycles. The van der Waals surface area contributed by atoms with Crippen molar-refractivity contribution in [1.29, 1.82) is 0 Å². The number of benzene rings is 2. The van der Waals surface area contributed by atoms with E-state index in [1.54, 1.807) is 0 Å². The van der Waals surface area contributed by atoms with E-state index in [9.17, 15) is 26.8 Å². The van der Waals surface area contributed by atoms with Crippen molar-refractivity contribution in [2.45, 2.75) is 24.7 Å². The van der Waals surface area contributed by atoms with E-state index in [4.69, 9.17) is 16.3 Å². The van der Waals surface area contributed by atoms with Gasteiger partial charge in [-0.2, -0.15) is 4.31 Å². The van der Waals surface area contributed by atoms with Crippen molar-refractivity contribution in [2.75, 3.05) is 25.0 Å². The first-order chi connectivity index (χ1) is 15.1. The van der Waals surface area contributed by atoms with Crippen LogP contribution in [-0.4, -0.2) is 44.3 Å². The molecule has 0 aromatic heterocycles. The smallest absolute Gasteiger partial charge is 0.338 e. The largest absolute Gasteiger partial charge is 0.452 e. The summed E-state index contributed by atoms with van der Waals surface area (Å²) in [6.45, 7) is 1.82. The van der Waals surface area contributed by atoms with Gasteiger partial charge in [-0.3, -0.25) is 4.79 Å². The van der Waals surface area contributed by atoms with Gasteiger partial charge in [0.05, 0.1) is 10.6 Å². The minimum Gasteiger partial charge on any atom is -0.452 e. The highest BCUT2D eigenvalue weighted by Crippen LogP contribution is 2.29. The first-order valence-electron chi connectivity index (χ1n) is 9.80. The SMILES string of the molecule is CC1CCCN(S(=O)(=O)c2cc(C(=O)OCC(=O)Nc3c(F)cccc3F)ccc2Cl)C1. The molecule has 3 rings (SSSR count). The minimum absolute atomic E-state index is 0.0486. The molecule has 1 atom stereocenters. The van der Waals surface area contributed by atoms with E-state index in [1.165, 1.54) is 16.4 Å². The fourth-order valence-electron chi connectivity index (χ4n) is 3.34.